The lowest BCUT2D eigenvalue weighted by Crippen LogP contribution is -2.56. The van der Waals surface area contributed by atoms with Gasteiger partial charge in [0.2, 0.25) is 0 Å². The van der Waals surface area contributed by atoms with Gasteiger partial charge in [0.25, 0.3) is 5.91 Å². The van der Waals surface area contributed by atoms with Crippen LogP contribution in [0.3, 0.4) is 0 Å². The maximum absolute atomic E-state index is 14.2. The number of amides is 3. The highest BCUT2D eigenvalue weighted by molar-refractivity contribution is 6.30. The number of nitrogens with one attached hydrogen (secondary N) is 1. The first kappa shape index (κ1) is 27.6. The Bertz CT molecular complexity index is 1240. The predicted molar refractivity (Wildman–Crippen MR) is 142 cm³/mol. The minimum atomic E-state index is -0.696. The van der Waals surface area contributed by atoms with E-state index < -0.39 is 17.8 Å². The summed E-state index contributed by atoms with van der Waals surface area (Å²) >= 11 is 6.07. The molecule has 38 heavy (non-hydrogen) atoms. The molecule has 2 aromatic rings. The van der Waals surface area contributed by atoms with Gasteiger partial charge in [-0.3, -0.25) is 14.6 Å². The van der Waals surface area contributed by atoms with Crippen molar-refractivity contribution in [1.82, 2.24) is 20.0 Å². The van der Waals surface area contributed by atoms with Crippen LogP contribution in [0.2, 0.25) is 5.02 Å². The van der Waals surface area contributed by atoms with Crippen molar-refractivity contribution in [3.05, 3.63) is 81.8 Å². The summed E-state index contributed by atoms with van der Waals surface area (Å²) in [7, 11) is 0. The molecule has 3 amide bonds. The molecule has 2 aliphatic heterocycles. The van der Waals surface area contributed by atoms with E-state index in [1.54, 1.807) is 53.1 Å². The number of nitrogens with zero attached hydrogens (tertiary/aromatic N) is 3. The molecule has 2 heterocycles. The Kier molecular flexibility index (Phi) is 8.69. The normalized spacial score (nSPS) is 20.4. The van der Waals surface area contributed by atoms with Crippen LogP contribution in [0, 0.1) is 5.82 Å². The molecule has 202 valence electrons. The van der Waals surface area contributed by atoms with Crippen LogP contribution < -0.4 is 5.32 Å². The zero-order valence-electron chi connectivity index (χ0n) is 21.7. The molecule has 1 fully saturated rings. The van der Waals surface area contributed by atoms with E-state index in [1.807, 2.05) is 13.8 Å². The van der Waals surface area contributed by atoms with Gasteiger partial charge in [0, 0.05) is 49.5 Å². The number of esters is 1. The number of ether oxygens (including phenoxy) is 1. The third-order valence-electron chi connectivity index (χ3n) is 6.90. The molecular weight excluding hydrogens is 511 g/mol. The molecule has 4 rings (SSSR count). The number of piperazine rings is 1. The molecule has 0 unspecified atom stereocenters. The van der Waals surface area contributed by atoms with Gasteiger partial charge < -0.3 is 15.0 Å². The van der Waals surface area contributed by atoms with Crippen LogP contribution in [0.15, 0.2) is 59.8 Å². The highest BCUT2D eigenvalue weighted by Gasteiger charge is 2.39. The van der Waals surface area contributed by atoms with Crippen molar-refractivity contribution < 1.29 is 23.5 Å². The van der Waals surface area contributed by atoms with Crippen molar-refractivity contribution in [3.63, 3.8) is 0 Å². The van der Waals surface area contributed by atoms with Crippen molar-refractivity contribution in [3.8, 4) is 0 Å². The van der Waals surface area contributed by atoms with Gasteiger partial charge in [0.15, 0.2) is 0 Å². The average Bonchev–Trinajstić information content (AvgIpc) is 2.89. The fraction of sp³-hybridized carbons (Fsp3) is 0.393. The Labute approximate surface area is 227 Å². The van der Waals surface area contributed by atoms with Gasteiger partial charge in [-0.15, -0.1) is 0 Å². The van der Waals surface area contributed by atoms with Gasteiger partial charge in [-0.1, -0.05) is 35.9 Å². The van der Waals surface area contributed by atoms with E-state index in [-0.39, 0.29) is 30.2 Å². The number of urea groups is 1. The highest BCUT2D eigenvalue weighted by Crippen LogP contribution is 2.33. The quantitative estimate of drug-likeness (QED) is 0.530. The summed E-state index contributed by atoms with van der Waals surface area (Å²) in [5, 5.41) is 3.49. The third-order valence-corrected chi connectivity index (χ3v) is 7.16. The van der Waals surface area contributed by atoms with Gasteiger partial charge >= 0.3 is 12.0 Å². The Morgan fingerprint density at radius 1 is 1.11 bits per heavy atom. The van der Waals surface area contributed by atoms with E-state index in [4.69, 9.17) is 16.3 Å². The molecule has 1 N–H and O–H groups in total. The lowest BCUT2D eigenvalue weighted by Gasteiger charge is -2.43. The minimum absolute atomic E-state index is 0.0482. The fourth-order valence-electron chi connectivity index (χ4n) is 5.04. The highest BCUT2D eigenvalue weighted by atomic mass is 35.5. The molecule has 2 aromatic carbocycles. The molecule has 2 atom stereocenters. The molecule has 2 aliphatic rings. The molecule has 8 nitrogen and oxygen atoms in total. The second-order valence-electron chi connectivity index (χ2n) is 9.32. The van der Waals surface area contributed by atoms with Crippen LogP contribution in [-0.2, 0) is 9.53 Å². The van der Waals surface area contributed by atoms with E-state index in [9.17, 15) is 18.8 Å². The molecule has 1 saturated heterocycles. The molecule has 0 spiro atoms. The SMILES string of the molecule is CCOC(=O)C1=C(CN2CCN(C(=O)c3ccccc3F)[C@H](C)C2)N(CC)C(=O)N[C@@H]1c1ccc(Cl)cc1. The predicted octanol–water partition coefficient (Wildman–Crippen LogP) is 4.23. The Morgan fingerprint density at radius 2 is 1.82 bits per heavy atom. The maximum Gasteiger partial charge on any atom is 0.338 e. The molecule has 0 saturated carbocycles. The van der Waals surface area contributed by atoms with E-state index in [0.717, 1.165) is 0 Å². The van der Waals surface area contributed by atoms with Crippen molar-refractivity contribution in [2.45, 2.75) is 32.9 Å². The first-order chi connectivity index (χ1) is 18.2. The minimum Gasteiger partial charge on any atom is -0.463 e. The smallest absolute Gasteiger partial charge is 0.338 e. The monoisotopic (exact) mass is 542 g/mol. The average molecular weight is 543 g/mol. The number of carbonyl (C=O) groups is 3. The second kappa shape index (κ2) is 12.0. The first-order valence-corrected chi connectivity index (χ1v) is 13.1. The zero-order chi connectivity index (χ0) is 27.4. The van der Waals surface area contributed by atoms with E-state index >= 15 is 0 Å². The number of hydrogen-bond donors (Lipinski definition) is 1. The van der Waals surface area contributed by atoms with Crippen molar-refractivity contribution >= 4 is 29.5 Å². The van der Waals surface area contributed by atoms with Crippen molar-refractivity contribution in [2.75, 3.05) is 39.3 Å². The number of halogens is 2. The van der Waals surface area contributed by atoms with Crippen LogP contribution in [0.5, 0.6) is 0 Å². The second-order valence-corrected chi connectivity index (χ2v) is 9.76. The maximum atomic E-state index is 14.2. The number of carbonyl (C=O) groups excluding carboxylic acids is 3. The summed E-state index contributed by atoms with van der Waals surface area (Å²) < 4.78 is 19.7. The van der Waals surface area contributed by atoms with Crippen LogP contribution in [0.1, 0.15) is 42.7 Å². The Hall–Kier alpha value is -3.43. The standard InChI is InChI=1S/C28H32ClFN4O4/c1-4-33-23(17-32-14-15-34(18(3)16-32)26(35)21-8-6-7-9-22(21)30)24(27(36)38-5-2)25(31-28(33)37)19-10-12-20(29)13-11-19/h6-13,18,25H,4-5,14-17H2,1-3H3,(H,31,37)/t18-,25-/m1/s1. The molecule has 0 aromatic heterocycles. The van der Waals surface area contributed by atoms with Crippen LogP contribution in [0.4, 0.5) is 9.18 Å². The first-order valence-electron chi connectivity index (χ1n) is 12.8. The van der Waals surface area contributed by atoms with Crippen LogP contribution >= 0.6 is 11.6 Å². The number of likely N-dealkylation sites (N-methyl/N-ethyl adjacent to an activating group) is 1. The Morgan fingerprint density at radius 3 is 2.45 bits per heavy atom. The fourth-order valence-corrected chi connectivity index (χ4v) is 5.17. The summed E-state index contributed by atoms with van der Waals surface area (Å²) in [5.41, 5.74) is 1.70. The summed E-state index contributed by atoms with van der Waals surface area (Å²) in [4.78, 5) is 44.8. The van der Waals surface area contributed by atoms with Gasteiger partial charge in [-0.25, -0.2) is 14.0 Å². The van der Waals surface area contributed by atoms with Crippen LogP contribution in [-0.4, -0.2) is 78.0 Å². The van der Waals surface area contributed by atoms with E-state index in [2.05, 4.69) is 10.2 Å². The third kappa shape index (κ3) is 5.68. The van der Waals surface area contributed by atoms with Gasteiger partial charge in [-0.2, -0.15) is 0 Å². The number of benzene rings is 2. The zero-order valence-corrected chi connectivity index (χ0v) is 22.5. The molecular formula is C28H32ClFN4O4. The van der Waals surface area contributed by atoms with Gasteiger partial charge in [0.05, 0.1) is 23.8 Å². The summed E-state index contributed by atoms with van der Waals surface area (Å²) in [6, 6.07) is 11.7. The largest absolute Gasteiger partial charge is 0.463 e. The summed E-state index contributed by atoms with van der Waals surface area (Å²) in [6.07, 6.45) is 0. The lowest BCUT2D eigenvalue weighted by molar-refractivity contribution is -0.139. The Balaban J connectivity index is 1.63. The summed E-state index contributed by atoms with van der Waals surface area (Å²) in [6.45, 7) is 7.73. The molecule has 0 aliphatic carbocycles. The molecule has 0 bridgehead atoms. The van der Waals surface area contributed by atoms with E-state index in [1.165, 1.54) is 12.1 Å². The lowest BCUT2D eigenvalue weighted by atomic mass is 9.94. The van der Waals surface area contributed by atoms with Crippen LogP contribution in [0.25, 0.3) is 0 Å². The molecule has 0 radical (unpaired) electrons. The van der Waals surface area contributed by atoms with Gasteiger partial charge in [-0.05, 0) is 50.6 Å². The molecule has 10 heteroatoms. The number of hydrogen-bond acceptors (Lipinski definition) is 5. The van der Waals surface area contributed by atoms with Gasteiger partial charge in [0.1, 0.15) is 5.82 Å². The van der Waals surface area contributed by atoms with Crippen molar-refractivity contribution in [1.29, 1.82) is 0 Å². The number of rotatable bonds is 7. The summed E-state index contributed by atoms with van der Waals surface area (Å²) in [5.74, 6) is -1.39. The van der Waals surface area contributed by atoms with E-state index in [0.29, 0.717) is 54.6 Å². The van der Waals surface area contributed by atoms with Crippen molar-refractivity contribution in [2.24, 2.45) is 0 Å². The topological polar surface area (TPSA) is 82.2 Å².